The van der Waals surface area contributed by atoms with Crippen molar-refractivity contribution in [3.8, 4) is 0 Å². The maximum atomic E-state index is 5.71. The van der Waals surface area contributed by atoms with Gasteiger partial charge in [0.1, 0.15) is 5.82 Å². The van der Waals surface area contributed by atoms with Crippen molar-refractivity contribution in [2.24, 2.45) is 5.73 Å². The molecule has 0 fully saturated rings. The van der Waals surface area contributed by atoms with Crippen molar-refractivity contribution in [3.05, 3.63) is 54.0 Å². The summed E-state index contributed by atoms with van der Waals surface area (Å²) in [5.74, 6) is 0.937. The summed E-state index contributed by atoms with van der Waals surface area (Å²) in [6.45, 7) is 1.30. The second-order valence-electron chi connectivity index (χ2n) is 3.90. The van der Waals surface area contributed by atoms with E-state index in [-0.39, 0.29) is 0 Å². The van der Waals surface area contributed by atoms with Crippen molar-refractivity contribution in [1.82, 2.24) is 9.97 Å². The Bertz CT molecular complexity index is 470. The van der Waals surface area contributed by atoms with Crippen molar-refractivity contribution in [1.29, 1.82) is 0 Å². The lowest BCUT2D eigenvalue weighted by Gasteiger charge is -2.20. The number of rotatable bonds is 4. The molecule has 0 saturated heterocycles. The lowest BCUT2D eigenvalue weighted by molar-refractivity contribution is 0.874. The molecule has 0 radical (unpaired) electrons. The summed E-state index contributed by atoms with van der Waals surface area (Å²) >= 11 is 0. The molecule has 2 aromatic rings. The minimum Gasteiger partial charge on any atom is -0.355 e. The van der Waals surface area contributed by atoms with Crippen LogP contribution in [0.4, 0.5) is 5.82 Å². The molecule has 4 nitrogen and oxygen atoms in total. The van der Waals surface area contributed by atoms with Crippen LogP contribution < -0.4 is 10.6 Å². The molecule has 2 aromatic heterocycles. The summed E-state index contributed by atoms with van der Waals surface area (Å²) in [6, 6.07) is 7.92. The molecular weight excluding hydrogens is 212 g/mol. The van der Waals surface area contributed by atoms with Crippen molar-refractivity contribution in [2.75, 3.05) is 11.9 Å². The Morgan fingerprint density at radius 3 is 2.65 bits per heavy atom. The highest BCUT2D eigenvalue weighted by molar-refractivity contribution is 5.46. The van der Waals surface area contributed by atoms with Gasteiger partial charge < -0.3 is 10.6 Å². The molecule has 2 heterocycles. The Kier molecular flexibility index (Phi) is 3.67. The van der Waals surface area contributed by atoms with Crippen LogP contribution in [0.25, 0.3) is 0 Å². The highest BCUT2D eigenvalue weighted by Crippen LogP contribution is 2.17. The van der Waals surface area contributed by atoms with E-state index in [0.717, 1.165) is 17.9 Å². The van der Waals surface area contributed by atoms with E-state index in [1.807, 2.05) is 31.3 Å². The van der Waals surface area contributed by atoms with Gasteiger partial charge in [0, 0.05) is 44.3 Å². The van der Waals surface area contributed by atoms with Gasteiger partial charge >= 0.3 is 0 Å². The first-order valence-corrected chi connectivity index (χ1v) is 5.55. The normalized spacial score (nSPS) is 10.2. The number of hydrogen-bond acceptors (Lipinski definition) is 4. The number of anilines is 1. The van der Waals surface area contributed by atoms with E-state index in [1.165, 1.54) is 5.56 Å². The molecule has 0 atom stereocenters. The predicted octanol–water partition coefficient (Wildman–Crippen LogP) is 1.57. The minimum absolute atomic E-state index is 0.504. The molecule has 4 heteroatoms. The molecule has 2 rings (SSSR count). The zero-order valence-corrected chi connectivity index (χ0v) is 9.87. The second-order valence-corrected chi connectivity index (χ2v) is 3.90. The lowest BCUT2D eigenvalue weighted by Crippen LogP contribution is -2.20. The van der Waals surface area contributed by atoms with Crippen LogP contribution in [0.5, 0.6) is 0 Å². The Labute approximate surface area is 101 Å². The van der Waals surface area contributed by atoms with Crippen LogP contribution in [0, 0.1) is 0 Å². The summed E-state index contributed by atoms with van der Waals surface area (Å²) in [5.41, 5.74) is 7.97. The summed E-state index contributed by atoms with van der Waals surface area (Å²) in [7, 11) is 2.02. The third kappa shape index (κ3) is 2.79. The summed E-state index contributed by atoms with van der Waals surface area (Å²) in [6.07, 6.45) is 5.38. The van der Waals surface area contributed by atoms with E-state index >= 15 is 0 Å². The van der Waals surface area contributed by atoms with Crippen LogP contribution in [-0.2, 0) is 13.1 Å². The van der Waals surface area contributed by atoms with Crippen LogP contribution in [0.3, 0.4) is 0 Å². The van der Waals surface area contributed by atoms with Crippen molar-refractivity contribution in [2.45, 2.75) is 13.1 Å². The van der Waals surface area contributed by atoms with E-state index in [4.69, 9.17) is 5.73 Å². The Morgan fingerprint density at radius 2 is 1.94 bits per heavy atom. The molecule has 0 unspecified atom stereocenters. The van der Waals surface area contributed by atoms with E-state index in [9.17, 15) is 0 Å². The zero-order valence-electron chi connectivity index (χ0n) is 9.87. The standard InChI is InChI=1S/C13H16N4/c1-17(10-11-4-7-15-8-5-11)13-12(9-14)3-2-6-16-13/h2-8H,9-10,14H2,1H3. The topological polar surface area (TPSA) is 55.0 Å². The van der Waals surface area contributed by atoms with E-state index in [2.05, 4.69) is 14.9 Å². The summed E-state index contributed by atoms with van der Waals surface area (Å²) < 4.78 is 0. The largest absolute Gasteiger partial charge is 0.355 e. The van der Waals surface area contributed by atoms with Gasteiger partial charge in [0.05, 0.1) is 0 Å². The average Bonchev–Trinajstić information content (AvgIpc) is 2.40. The van der Waals surface area contributed by atoms with Gasteiger partial charge in [-0.2, -0.15) is 0 Å². The molecule has 0 bridgehead atoms. The molecular formula is C13H16N4. The van der Waals surface area contributed by atoms with Crippen LogP contribution in [0.2, 0.25) is 0 Å². The number of hydrogen-bond donors (Lipinski definition) is 1. The molecule has 0 aliphatic heterocycles. The van der Waals surface area contributed by atoms with Crippen molar-refractivity contribution >= 4 is 5.82 Å². The number of nitrogens with two attached hydrogens (primary N) is 1. The first kappa shape index (κ1) is 11.5. The Morgan fingerprint density at radius 1 is 1.18 bits per heavy atom. The quantitative estimate of drug-likeness (QED) is 0.863. The second kappa shape index (κ2) is 5.41. The number of aromatic nitrogens is 2. The fourth-order valence-corrected chi connectivity index (χ4v) is 1.77. The van der Waals surface area contributed by atoms with Crippen LogP contribution in [-0.4, -0.2) is 17.0 Å². The monoisotopic (exact) mass is 228 g/mol. The van der Waals surface area contributed by atoms with Gasteiger partial charge in [0.15, 0.2) is 0 Å². The van der Waals surface area contributed by atoms with Crippen molar-refractivity contribution in [3.63, 3.8) is 0 Å². The fraction of sp³-hybridized carbons (Fsp3) is 0.231. The van der Waals surface area contributed by atoms with Gasteiger partial charge in [-0.3, -0.25) is 4.98 Å². The molecule has 0 saturated carbocycles. The maximum absolute atomic E-state index is 5.71. The first-order chi connectivity index (χ1) is 8.31. The molecule has 17 heavy (non-hydrogen) atoms. The van der Waals surface area contributed by atoms with Gasteiger partial charge in [0.25, 0.3) is 0 Å². The molecule has 0 spiro atoms. The number of pyridine rings is 2. The van der Waals surface area contributed by atoms with Gasteiger partial charge in [0.2, 0.25) is 0 Å². The SMILES string of the molecule is CN(Cc1ccncc1)c1ncccc1CN. The maximum Gasteiger partial charge on any atom is 0.133 e. The average molecular weight is 228 g/mol. The Balaban J connectivity index is 2.17. The molecule has 88 valence electrons. The fourth-order valence-electron chi connectivity index (χ4n) is 1.77. The van der Waals surface area contributed by atoms with Crippen molar-refractivity contribution < 1.29 is 0 Å². The highest BCUT2D eigenvalue weighted by atomic mass is 15.2. The molecule has 0 aromatic carbocycles. The molecule has 0 aliphatic rings. The van der Waals surface area contributed by atoms with E-state index in [0.29, 0.717) is 6.54 Å². The molecule has 2 N–H and O–H groups in total. The van der Waals surface area contributed by atoms with Gasteiger partial charge in [-0.1, -0.05) is 6.07 Å². The molecule has 0 amide bonds. The predicted molar refractivity (Wildman–Crippen MR) is 68.5 cm³/mol. The summed E-state index contributed by atoms with van der Waals surface area (Å²) in [4.78, 5) is 10.5. The van der Waals surface area contributed by atoms with E-state index in [1.54, 1.807) is 18.6 Å². The van der Waals surface area contributed by atoms with Crippen LogP contribution >= 0.6 is 0 Å². The summed E-state index contributed by atoms with van der Waals surface area (Å²) in [5, 5.41) is 0. The van der Waals surface area contributed by atoms with Crippen LogP contribution in [0.15, 0.2) is 42.9 Å². The Hall–Kier alpha value is -1.94. The smallest absolute Gasteiger partial charge is 0.133 e. The van der Waals surface area contributed by atoms with Gasteiger partial charge in [-0.25, -0.2) is 4.98 Å². The lowest BCUT2D eigenvalue weighted by atomic mass is 10.2. The van der Waals surface area contributed by atoms with Gasteiger partial charge in [-0.05, 0) is 23.8 Å². The van der Waals surface area contributed by atoms with Crippen LogP contribution in [0.1, 0.15) is 11.1 Å². The molecule has 0 aliphatic carbocycles. The third-order valence-corrected chi connectivity index (χ3v) is 2.62. The van der Waals surface area contributed by atoms with E-state index < -0.39 is 0 Å². The van der Waals surface area contributed by atoms with Gasteiger partial charge in [-0.15, -0.1) is 0 Å². The zero-order chi connectivity index (χ0) is 12.1. The third-order valence-electron chi connectivity index (χ3n) is 2.62. The first-order valence-electron chi connectivity index (χ1n) is 5.55. The minimum atomic E-state index is 0.504. The highest BCUT2D eigenvalue weighted by Gasteiger charge is 2.07. The number of nitrogens with zero attached hydrogens (tertiary/aromatic N) is 3.